The van der Waals surface area contributed by atoms with Crippen LogP contribution in [0.3, 0.4) is 0 Å². The van der Waals surface area contributed by atoms with Crippen molar-refractivity contribution in [2.75, 3.05) is 7.11 Å². The fraction of sp³-hybridized carbons (Fsp3) is 0.182. The SMILES string of the molecule is COc1ccc(C)c2c(=O)c(Cl)c[nH]c12. The van der Waals surface area contributed by atoms with Crippen molar-refractivity contribution < 1.29 is 4.74 Å². The second-order valence-electron chi connectivity index (χ2n) is 3.30. The topological polar surface area (TPSA) is 42.1 Å². The summed E-state index contributed by atoms with van der Waals surface area (Å²) in [6.45, 7) is 1.87. The Morgan fingerprint density at radius 1 is 1.40 bits per heavy atom. The molecule has 0 aliphatic carbocycles. The molecule has 2 aromatic rings. The summed E-state index contributed by atoms with van der Waals surface area (Å²) in [5.41, 5.74) is 1.41. The monoisotopic (exact) mass is 223 g/mol. The number of nitrogens with one attached hydrogen (secondary N) is 1. The van der Waals surface area contributed by atoms with E-state index in [-0.39, 0.29) is 10.5 Å². The molecule has 0 spiro atoms. The standard InChI is InChI=1S/C11H10ClNO2/c1-6-3-4-8(15-2)10-9(6)11(14)7(12)5-13-10/h3-5H,1-2H3,(H,13,14). The fourth-order valence-electron chi connectivity index (χ4n) is 1.61. The van der Waals surface area contributed by atoms with Crippen LogP contribution in [0, 0.1) is 6.92 Å². The van der Waals surface area contributed by atoms with Gasteiger partial charge in [-0.3, -0.25) is 4.79 Å². The first-order valence-corrected chi connectivity index (χ1v) is 4.87. The Hall–Kier alpha value is -1.48. The molecule has 1 heterocycles. The molecule has 3 nitrogen and oxygen atoms in total. The molecule has 0 radical (unpaired) electrons. The molecule has 15 heavy (non-hydrogen) atoms. The van der Waals surface area contributed by atoms with Crippen LogP contribution in [0.1, 0.15) is 5.56 Å². The van der Waals surface area contributed by atoms with Crippen molar-refractivity contribution in [2.45, 2.75) is 6.92 Å². The molecule has 0 aliphatic heterocycles. The maximum atomic E-state index is 11.8. The van der Waals surface area contributed by atoms with Gasteiger partial charge in [0.1, 0.15) is 10.8 Å². The molecule has 78 valence electrons. The van der Waals surface area contributed by atoms with Crippen LogP contribution in [0.15, 0.2) is 23.1 Å². The highest BCUT2D eigenvalue weighted by atomic mass is 35.5. The van der Waals surface area contributed by atoms with Crippen LogP contribution in [-0.2, 0) is 0 Å². The first kappa shape index (κ1) is 10.1. The van der Waals surface area contributed by atoms with Crippen LogP contribution in [0.25, 0.3) is 10.9 Å². The van der Waals surface area contributed by atoms with Gasteiger partial charge in [-0.15, -0.1) is 0 Å². The summed E-state index contributed by atoms with van der Waals surface area (Å²) in [6.07, 6.45) is 1.48. The van der Waals surface area contributed by atoms with Crippen molar-refractivity contribution in [2.24, 2.45) is 0 Å². The van der Waals surface area contributed by atoms with Crippen LogP contribution < -0.4 is 10.2 Å². The number of ether oxygens (including phenoxy) is 1. The second-order valence-corrected chi connectivity index (χ2v) is 3.71. The van der Waals surface area contributed by atoms with Crippen molar-refractivity contribution >= 4 is 22.5 Å². The van der Waals surface area contributed by atoms with Crippen molar-refractivity contribution in [1.82, 2.24) is 4.98 Å². The third-order valence-corrected chi connectivity index (χ3v) is 2.66. The summed E-state index contributed by atoms with van der Waals surface area (Å²) in [7, 11) is 1.57. The van der Waals surface area contributed by atoms with Gasteiger partial charge in [-0.05, 0) is 18.6 Å². The predicted molar refractivity (Wildman–Crippen MR) is 60.9 cm³/mol. The van der Waals surface area contributed by atoms with Crippen molar-refractivity contribution in [3.8, 4) is 5.75 Å². The van der Waals surface area contributed by atoms with Gasteiger partial charge in [0.2, 0.25) is 5.43 Å². The highest BCUT2D eigenvalue weighted by molar-refractivity contribution is 6.31. The summed E-state index contributed by atoms with van der Waals surface area (Å²) >= 11 is 5.77. The van der Waals surface area contributed by atoms with E-state index in [1.807, 2.05) is 19.1 Å². The minimum absolute atomic E-state index is 0.165. The molecule has 0 saturated carbocycles. The van der Waals surface area contributed by atoms with E-state index in [0.29, 0.717) is 16.7 Å². The maximum absolute atomic E-state index is 11.8. The van der Waals surface area contributed by atoms with E-state index >= 15 is 0 Å². The Labute approximate surface area is 91.6 Å². The molecular formula is C11H10ClNO2. The Kier molecular flexibility index (Phi) is 2.40. The summed E-state index contributed by atoms with van der Waals surface area (Å²) in [6, 6.07) is 3.66. The van der Waals surface area contributed by atoms with Crippen LogP contribution in [0.4, 0.5) is 0 Å². The summed E-state index contributed by atoms with van der Waals surface area (Å²) in [4.78, 5) is 14.8. The molecule has 0 bridgehead atoms. The normalized spacial score (nSPS) is 10.6. The van der Waals surface area contributed by atoms with Crippen LogP contribution >= 0.6 is 11.6 Å². The first-order valence-electron chi connectivity index (χ1n) is 4.49. The number of halogens is 1. The van der Waals surface area contributed by atoms with E-state index in [4.69, 9.17) is 16.3 Å². The Morgan fingerprint density at radius 3 is 2.80 bits per heavy atom. The van der Waals surface area contributed by atoms with Gasteiger partial charge in [0.05, 0.1) is 18.0 Å². The van der Waals surface area contributed by atoms with E-state index in [2.05, 4.69) is 4.98 Å². The number of aromatic nitrogens is 1. The van der Waals surface area contributed by atoms with Gasteiger partial charge in [-0.2, -0.15) is 0 Å². The van der Waals surface area contributed by atoms with Gasteiger partial charge in [0, 0.05) is 6.20 Å². The zero-order valence-electron chi connectivity index (χ0n) is 8.43. The molecule has 0 fully saturated rings. The zero-order valence-corrected chi connectivity index (χ0v) is 9.18. The van der Waals surface area contributed by atoms with Gasteiger partial charge in [0.15, 0.2) is 0 Å². The van der Waals surface area contributed by atoms with E-state index in [1.54, 1.807) is 7.11 Å². The summed E-state index contributed by atoms with van der Waals surface area (Å²) in [5, 5.41) is 0.778. The average Bonchev–Trinajstić information content (AvgIpc) is 2.24. The second kappa shape index (κ2) is 3.59. The van der Waals surface area contributed by atoms with E-state index < -0.39 is 0 Å². The van der Waals surface area contributed by atoms with E-state index in [1.165, 1.54) is 6.20 Å². The van der Waals surface area contributed by atoms with Crippen LogP contribution in [0.2, 0.25) is 5.02 Å². The van der Waals surface area contributed by atoms with Gasteiger partial charge >= 0.3 is 0 Å². The minimum Gasteiger partial charge on any atom is -0.495 e. The lowest BCUT2D eigenvalue weighted by Gasteiger charge is -2.07. The van der Waals surface area contributed by atoms with Crippen molar-refractivity contribution in [3.05, 3.63) is 39.1 Å². The molecule has 1 N–H and O–H groups in total. The molecule has 1 aromatic heterocycles. The van der Waals surface area contributed by atoms with E-state index in [0.717, 1.165) is 5.56 Å². The number of fused-ring (bicyclic) bond motifs is 1. The number of hydrogen-bond acceptors (Lipinski definition) is 2. The number of pyridine rings is 1. The molecule has 4 heteroatoms. The molecule has 0 atom stereocenters. The molecule has 0 aliphatic rings. The Balaban J connectivity index is 3.00. The summed E-state index contributed by atoms with van der Waals surface area (Å²) < 4.78 is 5.16. The fourth-order valence-corrected chi connectivity index (χ4v) is 1.76. The Bertz CT molecular complexity index is 575. The lowest BCUT2D eigenvalue weighted by molar-refractivity contribution is 0.419. The number of aromatic amines is 1. The number of rotatable bonds is 1. The molecule has 2 rings (SSSR count). The zero-order chi connectivity index (χ0) is 11.0. The molecule has 0 unspecified atom stereocenters. The average molecular weight is 224 g/mol. The van der Waals surface area contributed by atoms with Gasteiger partial charge in [-0.1, -0.05) is 17.7 Å². The number of methoxy groups -OCH3 is 1. The lowest BCUT2D eigenvalue weighted by atomic mass is 10.1. The number of benzene rings is 1. The first-order chi connectivity index (χ1) is 7.15. The summed E-state index contributed by atoms with van der Waals surface area (Å²) in [5.74, 6) is 0.643. The van der Waals surface area contributed by atoms with Gasteiger partial charge in [0.25, 0.3) is 0 Å². The molecule has 1 aromatic carbocycles. The number of aryl methyl sites for hydroxylation is 1. The Morgan fingerprint density at radius 2 is 2.13 bits per heavy atom. The lowest BCUT2D eigenvalue weighted by Crippen LogP contribution is -2.05. The quantitative estimate of drug-likeness (QED) is 0.807. The third-order valence-electron chi connectivity index (χ3n) is 2.38. The minimum atomic E-state index is -0.165. The molecular weight excluding hydrogens is 214 g/mol. The molecule has 0 saturated heterocycles. The largest absolute Gasteiger partial charge is 0.495 e. The van der Waals surface area contributed by atoms with Crippen LogP contribution in [-0.4, -0.2) is 12.1 Å². The van der Waals surface area contributed by atoms with Gasteiger partial charge < -0.3 is 9.72 Å². The van der Waals surface area contributed by atoms with Gasteiger partial charge in [-0.25, -0.2) is 0 Å². The number of H-pyrrole nitrogens is 1. The number of hydrogen-bond donors (Lipinski definition) is 1. The van der Waals surface area contributed by atoms with Crippen LogP contribution in [0.5, 0.6) is 5.75 Å². The van der Waals surface area contributed by atoms with Crippen molar-refractivity contribution in [3.63, 3.8) is 0 Å². The van der Waals surface area contributed by atoms with Crippen molar-refractivity contribution in [1.29, 1.82) is 0 Å². The maximum Gasteiger partial charge on any atom is 0.208 e. The predicted octanol–water partition coefficient (Wildman–Crippen LogP) is 2.50. The smallest absolute Gasteiger partial charge is 0.208 e. The molecule has 0 amide bonds. The van der Waals surface area contributed by atoms with E-state index in [9.17, 15) is 4.79 Å². The third kappa shape index (κ3) is 1.49. The highest BCUT2D eigenvalue weighted by Gasteiger charge is 2.09. The highest BCUT2D eigenvalue weighted by Crippen LogP contribution is 2.24.